The zero-order valence-corrected chi connectivity index (χ0v) is 11.2. The molecule has 4 nitrogen and oxygen atoms in total. The molecule has 98 valence electrons. The number of likely N-dealkylation sites (tertiary alicyclic amines) is 1. The number of aryl methyl sites for hydroxylation is 1. The molecule has 0 radical (unpaired) electrons. The van der Waals surface area contributed by atoms with E-state index >= 15 is 0 Å². The van der Waals surface area contributed by atoms with Gasteiger partial charge in [-0.05, 0) is 24.0 Å². The third kappa shape index (κ3) is 2.47. The van der Waals surface area contributed by atoms with Crippen LogP contribution in [0.5, 0.6) is 0 Å². The third-order valence-corrected chi connectivity index (χ3v) is 3.75. The lowest BCUT2D eigenvalue weighted by Crippen LogP contribution is -2.32. The Balaban J connectivity index is 2.01. The minimum Gasteiger partial charge on any atom is -0.348 e. The molecule has 18 heavy (non-hydrogen) atoms. The van der Waals surface area contributed by atoms with Gasteiger partial charge < -0.3 is 9.47 Å². The quantitative estimate of drug-likeness (QED) is 0.761. The molecule has 1 saturated heterocycles. The summed E-state index contributed by atoms with van der Waals surface area (Å²) in [4.78, 5) is 25.6. The van der Waals surface area contributed by atoms with Crippen molar-refractivity contribution in [1.82, 2.24) is 9.47 Å². The first-order valence-electron chi connectivity index (χ1n) is 6.41. The van der Waals surface area contributed by atoms with E-state index in [1.807, 2.05) is 19.3 Å². The number of ketones is 1. The summed E-state index contributed by atoms with van der Waals surface area (Å²) < 4.78 is 1.79. The van der Waals surface area contributed by atoms with Gasteiger partial charge >= 0.3 is 0 Å². The summed E-state index contributed by atoms with van der Waals surface area (Å²) >= 11 is 0. The second kappa shape index (κ2) is 4.96. The number of rotatable bonds is 4. The zero-order valence-electron chi connectivity index (χ0n) is 11.2. The fraction of sp³-hybridized carbons (Fsp3) is 0.571. The van der Waals surface area contributed by atoms with Crippen molar-refractivity contribution in [1.29, 1.82) is 0 Å². The van der Waals surface area contributed by atoms with Crippen LogP contribution in [-0.4, -0.2) is 34.2 Å². The van der Waals surface area contributed by atoms with Crippen molar-refractivity contribution < 1.29 is 9.59 Å². The maximum atomic E-state index is 12.1. The van der Waals surface area contributed by atoms with Gasteiger partial charge in [0.1, 0.15) is 0 Å². The molecule has 0 saturated carbocycles. The molecule has 1 unspecified atom stereocenters. The summed E-state index contributed by atoms with van der Waals surface area (Å²) in [6.07, 6.45) is 2.42. The molecule has 0 spiro atoms. The lowest BCUT2D eigenvalue weighted by Gasteiger charge is -2.17. The average Bonchev–Trinajstić information content (AvgIpc) is 2.86. The first kappa shape index (κ1) is 12.9. The van der Waals surface area contributed by atoms with Crippen LogP contribution >= 0.6 is 0 Å². The van der Waals surface area contributed by atoms with Crippen LogP contribution in [0.25, 0.3) is 0 Å². The molecule has 0 bridgehead atoms. The van der Waals surface area contributed by atoms with Gasteiger partial charge in [0.15, 0.2) is 5.78 Å². The van der Waals surface area contributed by atoms with Gasteiger partial charge in [-0.2, -0.15) is 0 Å². The highest BCUT2D eigenvalue weighted by atomic mass is 16.2. The van der Waals surface area contributed by atoms with Gasteiger partial charge in [-0.1, -0.05) is 13.8 Å². The van der Waals surface area contributed by atoms with E-state index in [2.05, 4.69) is 13.8 Å². The Hall–Kier alpha value is -1.58. The Bertz CT molecular complexity index is 462. The topological polar surface area (TPSA) is 42.3 Å². The van der Waals surface area contributed by atoms with E-state index in [9.17, 15) is 9.59 Å². The second-order valence-corrected chi connectivity index (χ2v) is 5.41. The molecule has 2 rings (SSSR count). The average molecular weight is 248 g/mol. The number of carbonyl (C=O) groups is 2. The van der Waals surface area contributed by atoms with Crippen molar-refractivity contribution in [2.75, 3.05) is 13.1 Å². The number of nitrogens with zero attached hydrogens (tertiary/aromatic N) is 2. The van der Waals surface area contributed by atoms with Crippen LogP contribution in [0.1, 0.15) is 30.8 Å². The fourth-order valence-corrected chi connectivity index (χ4v) is 2.41. The van der Waals surface area contributed by atoms with E-state index in [0.29, 0.717) is 30.5 Å². The van der Waals surface area contributed by atoms with Crippen molar-refractivity contribution >= 4 is 11.7 Å². The molecule has 0 aliphatic carbocycles. The van der Waals surface area contributed by atoms with Crippen LogP contribution in [0.2, 0.25) is 0 Å². The smallest absolute Gasteiger partial charge is 0.223 e. The summed E-state index contributed by atoms with van der Waals surface area (Å²) in [6.45, 7) is 5.17. The second-order valence-electron chi connectivity index (χ2n) is 5.41. The van der Waals surface area contributed by atoms with Crippen molar-refractivity contribution in [3.63, 3.8) is 0 Å². The SMILES string of the molecule is CC(C)C1CC(=O)N(CC(=O)c2cccn2C)C1. The minimum atomic E-state index is 0.0141. The van der Waals surface area contributed by atoms with E-state index in [4.69, 9.17) is 0 Å². The van der Waals surface area contributed by atoms with Gasteiger partial charge in [-0.15, -0.1) is 0 Å². The van der Waals surface area contributed by atoms with Crippen LogP contribution in [0.15, 0.2) is 18.3 Å². The molecule has 2 heterocycles. The van der Waals surface area contributed by atoms with E-state index in [0.717, 1.165) is 0 Å². The highest BCUT2D eigenvalue weighted by molar-refractivity contribution is 5.98. The lowest BCUT2D eigenvalue weighted by molar-refractivity contribution is -0.127. The first-order chi connectivity index (χ1) is 8.49. The van der Waals surface area contributed by atoms with E-state index < -0.39 is 0 Å². The maximum absolute atomic E-state index is 12.1. The fourth-order valence-electron chi connectivity index (χ4n) is 2.41. The number of amides is 1. The normalized spacial score (nSPS) is 19.9. The summed E-state index contributed by atoms with van der Waals surface area (Å²) in [5.74, 6) is 0.999. The molecule has 1 aromatic rings. The summed E-state index contributed by atoms with van der Waals surface area (Å²) in [5.41, 5.74) is 0.663. The molecule has 1 atom stereocenters. The molecule has 1 fully saturated rings. The molecule has 1 aromatic heterocycles. The Morgan fingerprint density at radius 2 is 2.22 bits per heavy atom. The van der Waals surface area contributed by atoms with Crippen LogP contribution in [0, 0.1) is 11.8 Å². The van der Waals surface area contributed by atoms with Gasteiger partial charge in [-0.3, -0.25) is 9.59 Å². The minimum absolute atomic E-state index is 0.0141. The molecule has 1 aliphatic rings. The van der Waals surface area contributed by atoms with Gasteiger partial charge in [0.25, 0.3) is 0 Å². The predicted octanol–water partition coefficient (Wildman–Crippen LogP) is 1.71. The molecule has 0 N–H and O–H groups in total. The first-order valence-corrected chi connectivity index (χ1v) is 6.41. The van der Waals surface area contributed by atoms with Crippen molar-refractivity contribution in [3.8, 4) is 0 Å². The van der Waals surface area contributed by atoms with Crippen LogP contribution in [0.3, 0.4) is 0 Å². The number of hydrogen-bond donors (Lipinski definition) is 0. The predicted molar refractivity (Wildman–Crippen MR) is 69.3 cm³/mol. The summed E-state index contributed by atoms with van der Waals surface area (Å²) in [5, 5.41) is 0. The molecular formula is C14H20N2O2. The summed E-state index contributed by atoms with van der Waals surface area (Å²) in [7, 11) is 1.84. The van der Waals surface area contributed by atoms with Gasteiger partial charge in [0.05, 0.1) is 12.2 Å². The Labute approximate surface area is 108 Å². The monoisotopic (exact) mass is 248 g/mol. The molecular weight excluding hydrogens is 228 g/mol. The van der Waals surface area contributed by atoms with E-state index in [1.54, 1.807) is 15.5 Å². The van der Waals surface area contributed by atoms with Crippen LogP contribution in [-0.2, 0) is 11.8 Å². The molecule has 4 heteroatoms. The molecule has 0 aromatic carbocycles. The van der Waals surface area contributed by atoms with Crippen molar-refractivity contribution in [2.24, 2.45) is 18.9 Å². The van der Waals surface area contributed by atoms with Crippen molar-refractivity contribution in [3.05, 3.63) is 24.0 Å². The van der Waals surface area contributed by atoms with Gasteiger partial charge in [0.2, 0.25) is 5.91 Å². The number of hydrogen-bond acceptors (Lipinski definition) is 2. The standard InChI is InChI=1S/C14H20N2O2/c1-10(2)11-7-14(18)16(8-11)9-13(17)12-5-4-6-15(12)3/h4-6,10-11H,7-9H2,1-3H3. The van der Waals surface area contributed by atoms with E-state index in [-0.39, 0.29) is 18.2 Å². The van der Waals surface area contributed by atoms with Gasteiger partial charge in [-0.25, -0.2) is 0 Å². The van der Waals surface area contributed by atoms with Crippen molar-refractivity contribution in [2.45, 2.75) is 20.3 Å². The van der Waals surface area contributed by atoms with Crippen LogP contribution < -0.4 is 0 Å². The van der Waals surface area contributed by atoms with Gasteiger partial charge in [0, 0.05) is 26.2 Å². The van der Waals surface area contributed by atoms with E-state index in [1.165, 1.54) is 0 Å². The highest BCUT2D eigenvalue weighted by Gasteiger charge is 2.32. The number of Topliss-reactive ketones (excluding diaryl/α,β-unsaturated/α-hetero) is 1. The maximum Gasteiger partial charge on any atom is 0.223 e. The Kier molecular flexibility index (Phi) is 3.55. The largest absolute Gasteiger partial charge is 0.348 e. The number of carbonyl (C=O) groups excluding carboxylic acids is 2. The third-order valence-electron chi connectivity index (χ3n) is 3.75. The molecule has 1 aliphatic heterocycles. The Morgan fingerprint density at radius 3 is 2.72 bits per heavy atom. The number of aromatic nitrogens is 1. The zero-order chi connectivity index (χ0) is 13.3. The highest BCUT2D eigenvalue weighted by Crippen LogP contribution is 2.24. The van der Waals surface area contributed by atoms with Crippen LogP contribution in [0.4, 0.5) is 0 Å². The summed E-state index contributed by atoms with van der Waals surface area (Å²) in [6, 6.07) is 3.64. The molecule has 1 amide bonds. The Morgan fingerprint density at radius 1 is 1.50 bits per heavy atom. The lowest BCUT2D eigenvalue weighted by atomic mass is 9.95.